The minimum absolute atomic E-state index is 0.0179. The summed E-state index contributed by atoms with van der Waals surface area (Å²) < 4.78 is 0. The van der Waals surface area contributed by atoms with Crippen LogP contribution in [-0.2, 0) is 4.79 Å². The molecule has 2 aromatic rings. The molecule has 1 saturated heterocycles. The number of ketones is 1. The van der Waals surface area contributed by atoms with E-state index in [0.29, 0.717) is 12.3 Å². The van der Waals surface area contributed by atoms with Crippen LogP contribution in [0.5, 0.6) is 0 Å². The number of nitrogens with one attached hydrogen (secondary N) is 1. The van der Waals surface area contributed by atoms with Crippen molar-refractivity contribution < 1.29 is 9.59 Å². The van der Waals surface area contributed by atoms with Crippen LogP contribution >= 0.6 is 0 Å². The average molecular weight is 393 g/mol. The zero-order chi connectivity index (χ0) is 20.6. The molecule has 29 heavy (non-hydrogen) atoms. The number of hydrogen-bond acceptors (Lipinski definition) is 3. The lowest BCUT2D eigenvalue weighted by Crippen LogP contribution is -2.33. The first-order valence-electron chi connectivity index (χ1n) is 10.7. The van der Waals surface area contributed by atoms with E-state index in [9.17, 15) is 9.59 Å². The summed E-state index contributed by atoms with van der Waals surface area (Å²) in [7, 11) is 0. The van der Waals surface area contributed by atoms with Gasteiger partial charge >= 0.3 is 0 Å². The van der Waals surface area contributed by atoms with E-state index < -0.39 is 0 Å². The van der Waals surface area contributed by atoms with Crippen molar-refractivity contribution >= 4 is 17.4 Å². The maximum absolute atomic E-state index is 12.2. The normalized spacial score (nSPS) is 15.4. The van der Waals surface area contributed by atoms with Crippen LogP contribution in [0.1, 0.15) is 61.4 Å². The molecule has 4 heteroatoms. The molecular weight excluding hydrogens is 360 g/mol. The number of likely N-dealkylation sites (tertiary alicyclic amines) is 1. The molecule has 2 aromatic carbocycles. The number of Topliss-reactive ketones (excluding diaryl/α,β-unsaturated/α-hetero) is 1. The summed E-state index contributed by atoms with van der Waals surface area (Å²) in [5.74, 6) is 0.812. The predicted octanol–water partition coefficient (Wildman–Crippen LogP) is 5.12. The van der Waals surface area contributed by atoms with Crippen molar-refractivity contribution in [3.8, 4) is 0 Å². The summed E-state index contributed by atoms with van der Waals surface area (Å²) in [6, 6.07) is 17.9. The quantitative estimate of drug-likeness (QED) is 0.634. The second-order valence-corrected chi connectivity index (χ2v) is 8.28. The van der Waals surface area contributed by atoms with Gasteiger partial charge in [0.05, 0.1) is 0 Å². The van der Waals surface area contributed by atoms with Crippen LogP contribution in [0, 0.1) is 5.92 Å². The number of amides is 1. The third kappa shape index (κ3) is 6.26. The Kier molecular flexibility index (Phi) is 7.59. The third-order valence-corrected chi connectivity index (χ3v) is 5.71. The van der Waals surface area contributed by atoms with Gasteiger partial charge in [-0.05, 0) is 62.5 Å². The van der Waals surface area contributed by atoms with Crippen molar-refractivity contribution in [3.05, 3.63) is 65.7 Å². The van der Waals surface area contributed by atoms with Crippen LogP contribution in [-0.4, -0.2) is 36.2 Å². The number of carbonyl (C=O) groups is 2. The topological polar surface area (TPSA) is 49.4 Å². The second kappa shape index (κ2) is 10.4. The van der Waals surface area contributed by atoms with Crippen LogP contribution in [0.3, 0.4) is 0 Å². The minimum atomic E-state index is -0.0179. The van der Waals surface area contributed by atoms with Crippen LogP contribution in [0.15, 0.2) is 54.6 Å². The Hall–Kier alpha value is -2.46. The van der Waals surface area contributed by atoms with E-state index in [-0.39, 0.29) is 17.6 Å². The fourth-order valence-corrected chi connectivity index (χ4v) is 3.88. The van der Waals surface area contributed by atoms with E-state index in [1.54, 1.807) is 0 Å². The van der Waals surface area contributed by atoms with Crippen molar-refractivity contribution in [2.75, 3.05) is 25.0 Å². The molecule has 0 spiro atoms. The zero-order valence-electron chi connectivity index (χ0n) is 17.6. The number of hydrogen-bond donors (Lipinski definition) is 1. The van der Waals surface area contributed by atoms with E-state index in [1.807, 2.05) is 56.3 Å². The first kappa shape index (κ1) is 21.3. The number of anilines is 1. The molecule has 0 aliphatic carbocycles. The van der Waals surface area contributed by atoms with E-state index >= 15 is 0 Å². The molecular formula is C25H32N2O2. The van der Waals surface area contributed by atoms with Crippen LogP contribution < -0.4 is 5.32 Å². The van der Waals surface area contributed by atoms with Gasteiger partial charge in [-0.3, -0.25) is 9.59 Å². The van der Waals surface area contributed by atoms with Crippen LogP contribution in [0.4, 0.5) is 5.69 Å². The molecule has 0 radical (unpaired) electrons. The van der Waals surface area contributed by atoms with Gasteiger partial charge < -0.3 is 10.2 Å². The predicted molar refractivity (Wildman–Crippen MR) is 118 cm³/mol. The fraction of sp³-hybridized carbons (Fsp3) is 0.440. The highest BCUT2D eigenvalue weighted by Gasteiger charge is 2.21. The largest absolute Gasteiger partial charge is 0.326 e. The standard InChI is InChI=1S/C25H32N2O2/c1-19(2)25(29)26-23-11-6-10-22(18-23)20-13-16-27(17-14-20)15-7-12-24(28)21-8-4-3-5-9-21/h3-6,8-11,18-20H,7,12-17H2,1-2H3,(H,26,29). The van der Waals surface area contributed by atoms with Crippen LogP contribution in [0.25, 0.3) is 0 Å². The lowest BCUT2D eigenvalue weighted by atomic mass is 9.89. The van der Waals surface area contributed by atoms with E-state index in [1.165, 1.54) is 5.56 Å². The highest BCUT2D eigenvalue weighted by Crippen LogP contribution is 2.29. The highest BCUT2D eigenvalue weighted by atomic mass is 16.1. The van der Waals surface area contributed by atoms with Gasteiger partial charge in [0.1, 0.15) is 0 Å². The van der Waals surface area contributed by atoms with Crippen molar-refractivity contribution in [3.63, 3.8) is 0 Å². The van der Waals surface area contributed by atoms with Gasteiger partial charge in [0, 0.05) is 23.6 Å². The number of carbonyl (C=O) groups excluding carboxylic acids is 2. The summed E-state index contributed by atoms with van der Waals surface area (Å²) in [6.45, 7) is 6.92. The number of nitrogens with zero attached hydrogens (tertiary/aromatic N) is 1. The molecule has 1 heterocycles. The lowest BCUT2D eigenvalue weighted by molar-refractivity contribution is -0.118. The maximum atomic E-state index is 12.2. The molecule has 0 saturated carbocycles. The molecule has 1 aliphatic rings. The fourth-order valence-electron chi connectivity index (χ4n) is 3.88. The average Bonchev–Trinajstić information content (AvgIpc) is 2.75. The molecule has 3 rings (SSSR count). The molecule has 0 unspecified atom stereocenters. The molecule has 1 N–H and O–H groups in total. The molecule has 1 aliphatic heterocycles. The highest BCUT2D eigenvalue weighted by molar-refractivity contribution is 5.96. The summed E-state index contributed by atoms with van der Waals surface area (Å²) >= 11 is 0. The van der Waals surface area contributed by atoms with Gasteiger partial charge in [-0.1, -0.05) is 56.3 Å². The first-order chi connectivity index (χ1) is 14.0. The smallest absolute Gasteiger partial charge is 0.226 e. The second-order valence-electron chi connectivity index (χ2n) is 8.28. The zero-order valence-corrected chi connectivity index (χ0v) is 17.6. The molecule has 154 valence electrons. The van der Waals surface area contributed by atoms with Gasteiger partial charge in [-0.15, -0.1) is 0 Å². The van der Waals surface area contributed by atoms with Gasteiger partial charge in [-0.25, -0.2) is 0 Å². The van der Waals surface area contributed by atoms with Gasteiger partial charge in [-0.2, -0.15) is 0 Å². The van der Waals surface area contributed by atoms with Crippen molar-refractivity contribution in [1.82, 2.24) is 4.90 Å². The van der Waals surface area contributed by atoms with Crippen molar-refractivity contribution in [1.29, 1.82) is 0 Å². The molecule has 0 atom stereocenters. The Balaban J connectivity index is 1.43. The van der Waals surface area contributed by atoms with Crippen molar-refractivity contribution in [2.45, 2.75) is 45.4 Å². The van der Waals surface area contributed by atoms with E-state index in [0.717, 1.165) is 50.1 Å². The molecule has 4 nitrogen and oxygen atoms in total. The Labute approximate surface area is 174 Å². The minimum Gasteiger partial charge on any atom is -0.326 e. The first-order valence-corrected chi connectivity index (χ1v) is 10.7. The van der Waals surface area contributed by atoms with E-state index in [2.05, 4.69) is 22.3 Å². The number of piperidine rings is 1. The van der Waals surface area contributed by atoms with E-state index in [4.69, 9.17) is 0 Å². The summed E-state index contributed by atoms with van der Waals surface area (Å²) in [4.78, 5) is 26.6. The molecule has 1 fully saturated rings. The summed E-state index contributed by atoms with van der Waals surface area (Å²) in [6.07, 6.45) is 3.76. The monoisotopic (exact) mass is 392 g/mol. The van der Waals surface area contributed by atoms with Gasteiger partial charge in [0.25, 0.3) is 0 Å². The SMILES string of the molecule is CC(C)C(=O)Nc1cccc(C2CCN(CCCC(=O)c3ccccc3)CC2)c1. The Morgan fingerprint density at radius 2 is 1.76 bits per heavy atom. The summed E-state index contributed by atoms with van der Waals surface area (Å²) in [5, 5.41) is 3.00. The Morgan fingerprint density at radius 3 is 2.45 bits per heavy atom. The molecule has 0 aromatic heterocycles. The van der Waals surface area contributed by atoms with Crippen molar-refractivity contribution in [2.24, 2.45) is 5.92 Å². The Morgan fingerprint density at radius 1 is 1.03 bits per heavy atom. The third-order valence-electron chi connectivity index (χ3n) is 5.71. The Bertz CT molecular complexity index is 809. The van der Waals surface area contributed by atoms with Gasteiger partial charge in [0.2, 0.25) is 5.91 Å². The lowest BCUT2D eigenvalue weighted by Gasteiger charge is -2.32. The molecule has 0 bridgehead atoms. The number of benzene rings is 2. The number of rotatable bonds is 8. The van der Waals surface area contributed by atoms with Crippen LogP contribution in [0.2, 0.25) is 0 Å². The molecule has 1 amide bonds. The summed E-state index contributed by atoms with van der Waals surface area (Å²) in [5.41, 5.74) is 3.02. The van der Waals surface area contributed by atoms with Gasteiger partial charge in [0.15, 0.2) is 5.78 Å². The maximum Gasteiger partial charge on any atom is 0.226 e.